The minimum absolute atomic E-state index is 0.337. The Balaban J connectivity index is 1.15. The van der Waals surface area contributed by atoms with E-state index < -0.39 is 0 Å². The van der Waals surface area contributed by atoms with Gasteiger partial charge >= 0.3 is 0 Å². The zero-order chi connectivity index (χ0) is 21.8. The van der Waals surface area contributed by atoms with Crippen LogP contribution >= 0.6 is 0 Å². The lowest BCUT2D eigenvalue weighted by Crippen LogP contribution is -2.98. The van der Waals surface area contributed by atoms with Crippen LogP contribution in [-0.4, -0.2) is 24.2 Å². The monoisotopic (exact) mass is 434 g/mol. The molecule has 4 heteroatoms. The van der Waals surface area contributed by atoms with Gasteiger partial charge < -0.3 is 20.7 Å². The largest absolute Gasteiger partial charge is 0.445 e. The average molecular weight is 435 g/mol. The maximum Gasteiger partial charge on any atom is 0.197 e. The number of allylic oxidation sites excluding steroid dienone is 3. The standard InChI is InChI=1S/C28H39N3O/c1-16-8-9-20-11-13-23-17(2)25(31-27(23)26(20)29-16)18(3)24-15-21-10-12-22(30-28(21)32-24)14-19-6-4-5-7-19/h10-13,16-17,19-20,22,25-26,29-31H,4-9,14-15H2,1-3H3/p+1. The van der Waals surface area contributed by atoms with Gasteiger partial charge in [-0.05, 0) is 50.2 Å². The summed E-state index contributed by atoms with van der Waals surface area (Å²) in [5.74, 6) is 4.22. The molecular weight excluding hydrogens is 394 g/mol. The molecule has 0 bridgehead atoms. The van der Waals surface area contributed by atoms with Gasteiger partial charge in [-0.25, -0.2) is 0 Å². The summed E-state index contributed by atoms with van der Waals surface area (Å²) in [5.41, 5.74) is 5.70. The molecular formula is C28H40N3O+. The van der Waals surface area contributed by atoms with Crippen molar-refractivity contribution in [2.75, 3.05) is 0 Å². The Morgan fingerprint density at radius 3 is 2.75 bits per heavy atom. The van der Waals surface area contributed by atoms with Crippen molar-refractivity contribution in [2.45, 2.75) is 96.3 Å². The molecule has 0 amide bonds. The van der Waals surface area contributed by atoms with E-state index in [1.54, 1.807) is 0 Å². The second kappa shape index (κ2) is 8.13. The molecule has 0 spiro atoms. The Morgan fingerprint density at radius 1 is 1.06 bits per heavy atom. The summed E-state index contributed by atoms with van der Waals surface area (Å²) in [7, 11) is 0. The highest BCUT2D eigenvalue weighted by Crippen LogP contribution is 2.41. The van der Waals surface area contributed by atoms with Crippen LogP contribution in [0.3, 0.4) is 0 Å². The van der Waals surface area contributed by atoms with E-state index in [1.165, 1.54) is 67.4 Å². The zero-order valence-corrected chi connectivity index (χ0v) is 20.0. The van der Waals surface area contributed by atoms with E-state index in [0.717, 1.165) is 30.0 Å². The molecule has 6 atom stereocenters. The van der Waals surface area contributed by atoms with Gasteiger partial charge in [-0.1, -0.05) is 56.9 Å². The van der Waals surface area contributed by atoms with Crippen molar-refractivity contribution in [3.8, 4) is 0 Å². The molecule has 4 nitrogen and oxygen atoms in total. The van der Waals surface area contributed by atoms with E-state index in [0.29, 0.717) is 30.0 Å². The van der Waals surface area contributed by atoms with Gasteiger partial charge in [0.2, 0.25) is 0 Å². The van der Waals surface area contributed by atoms with Crippen LogP contribution in [0.1, 0.15) is 72.1 Å². The first-order valence-corrected chi connectivity index (χ1v) is 13.2. The Bertz CT molecular complexity index is 932. The number of piperidine rings is 1. The van der Waals surface area contributed by atoms with Crippen molar-refractivity contribution in [3.05, 3.63) is 58.4 Å². The molecule has 4 aliphatic heterocycles. The number of rotatable bonds is 3. The SMILES string of the molecule is CC(=C1CC2=C(NC(CC3CCCC3)C=C2)O1)C1NC2=C(C=CC3CCC(C)[NH2+]C23)C1C. The van der Waals surface area contributed by atoms with Gasteiger partial charge in [0.05, 0.1) is 17.8 Å². The first-order chi connectivity index (χ1) is 15.6. The summed E-state index contributed by atoms with van der Waals surface area (Å²) in [5, 5.41) is 10.3. The lowest BCUT2D eigenvalue weighted by Gasteiger charge is -2.35. The lowest BCUT2D eigenvalue weighted by molar-refractivity contribution is -0.725. The third kappa shape index (κ3) is 3.55. The molecule has 6 unspecified atom stereocenters. The smallest absolute Gasteiger partial charge is 0.197 e. The summed E-state index contributed by atoms with van der Waals surface area (Å²) in [6.45, 7) is 7.05. The van der Waals surface area contributed by atoms with Crippen LogP contribution in [0.5, 0.6) is 0 Å². The summed E-state index contributed by atoms with van der Waals surface area (Å²) in [4.78, 5) is 0. The molecule has 6 rings (SSSR count). The zero-order valence-electron chi connectivity index (χ0n) is 20.0. The molecule has 4 N–H and O–H groups in total. The second-order valence-electron chi connectivity index (χ2n) is 11.3. The van der Waals surface area contributed by atoms with Gasteiger partial charge in [-0.15, -0.1) is 0 Å². The van der Waals surface area contributed by atoms with Crippen LogP contribution in [0.25, 0.3) is 0 Å². The topological polar surface area (TPSA) is 49.9 Å². The molecule has 2 fully saturated rings. The van der Waals surface area contributed by atoms with Crippen LogP contribution < -0.4 is 16.0 Å². The fraction of sp³-hybridized carbons (Fsp3) is 0.643. The molecule has 1 saturated heterocycles. The quantitative estimate of drug-likeness (QED) is 0.625. The van der Waals surface area contributed by atoms with Crippen molar-refractivity contribution >= 4 is 0 Å². The number of hydrogen-bond donors (Lipinski definition) is 3. The number of ether oxygens (including phenoxy) is 1. The van der Waals surface area contributed by atoms with Crippen LogP contribution in [0.15, 0.2) is 58.4 Å². The van der Waals surface area contributed by atoms with Gasteiger partial charge in [-0.2, -0.15) is 0 Å². The normalized spacial score (nSPS) is 40.0. The molecule has 2 aliphatic carbocycles. The maximum absolute atomic E-state index is 6.47. The Morgan fingerprint density at radius 2 is 1.91 bits per heavy atom. The highest BCUT2D eigenvalue weighted by molar-refractivity contribution is 5.45. The van der Waals surface area contributed by atoms with Crippen molar-refractivity contribution in [1.82, 2.24) is 10.6 Å². The number of hydrogen-bond acceptors (Lipinski definition) is 3. The van der Waals surface area contributed by atoms with Gasteiger partial charge in [0.25, 0.3) is 0 Å². The number of quaternary nitrogens is 1. The summed E-state index contributed by atoms with van der Waals surface area (Å²) >= 11 is 0. The fourth-order valence-corrected chi connectivity index (χ4v) is 7.12. The molecule has 4 heterocycles. The molecule has 0 aromatic heterocycles. The average Bonchev–Trinajstić information content (AvgIpc) is 3.52. The molecule has 0 aromatic rings. The second-order valence-corrected chi connectivity index (χ2v) is 11.3. The van der Waals surface area contributed by atoms with E-state index in [2.05, 4.69) is 61.0 Å². The van der Waals surface area contributed by atoms with Crippen LogP contribution in [0, 0.1) is 17.8 Å². The number of fused-ring (bicyclic) bond motifs is 2. The van der Waals surface area contributed by atoms with E-state index in [-0.39, 0.29) is 0 Å². The Kier molecular flexibility index (Phi) is 5.24. The molecule has 1 saturated carbocycles. The predicted octanol–water partition coefficient (Wildman–Crippen LogP) is 4.16. The van der Waals surface area contributed by atoms with Gasteiger partial charge in [0.1, 0.15) is 11.8 Å². The van der Waals surface area contributed by atoms with Crippen LogP contribution in [-0.2, 0) is 4.74 Å². The minimum atomic E-state index is 0.337. The predicted molar refractivity (Wildman–Crippen MR) is 128 cm³/mol. The van der Waals surface area contributed by atoms with Crippen molar-refractivity contribution < 1.29 is 10.1 Å². The Labute approximate surface area is 193 Å². The summed E-state index contributed by atoms with van der Waals surface area (Å²) in [6.07, 6.45) is 20.0. The highest BCUT2D eigenvalue weighted by atomic mass is 16.5. The van der Waals surface area contributed by atoms with E-state index in [4.69, 9.17) is 4.74 Å². The third-order valence-electron chi connectivity index (χ3n) is 9.10. The van der Waals surface area contributed by atoms with Crippen LogP contribution in [0.4, 0.5) is 0 Å². The highest BCUT2D eigenvalue weighted by Gasteiger charge is 2.44. The van der Waals surface area contributed by atoms with E-state index in [9.17, 15) is 0 Å². The molecule has 172 valence electrons. The minimum Gasteiger partial charge on any atom is -0.445 e. The molecule has 0 radical (unpaired) electrons. The molecule has 0 aromatic carbocycles. The maximum atomic E-state index is 6.47. The first kappa shape index (κ1) is 20.7. The Hall–Kier alpha value is -1.94. The summed E-state index contributed by atoms with van der Waals surface area (Å²) in [6, 6.07) is 2.06. The van der Waals surface area contributed by atoms with Crippen molar-refractivity contribution in [2.24, 2.45) is 17.8 Å². The van der Waals surface area contributed by atoms with Gasteiger partial charge in [0, 0.05) is 29.9 Å². The first-order valence-electron chi connectivity index (χ1n) is 13.2. The van der Waals surface area contributed by atoms with Crippen LogP contribution in [0.2, 0.25) is 0 Å². The van der Waals surface area contributed by atoms with Gasteiger partial charge in [0.15, 0.2) is 5.88 Å². The fourth-order valence-electron chi connectivity index (χ4n) is 7.12. The number of nitrogens with two attached hydrogens (primary N) is 1. The number of dihydropyridines is 1. The lowest BCUT2D eigenvalue weighted by atomic mass is 9.80. The summed E-state index contributed by atoms with van der Waals surface area (Å²) < 4.78 is 6.47. The van der Waals surface area contributed by atoms with Gasteiger partial charge in [-0.3, -0.25) is 0 Å². The van der Waals surface area contributed by atoms with E-state index >= 15 is 0 Å². The third-order valence-corrected chi connectivity index (χ3v) is 9.10. The van der Waals surface area contributed by atoms with Crippen molar-refractivity contribution in [1.29, 1.82) is 0 Å². The van der Waals surface area contributed by atoms with Crippen molar-refractivity contribution in [3.63, 3.8) is 0 Å². The van der Waals surface area contributed by atoms with E-state index in [1.807, 2.05) is 0 Å². The molecule has 32 heavy (non-hydrogen) atoms. The molecule has 6 aliphatic rings. The number of nitrogens with one attached hydrogen (secondary N) is 2.